The van der Waals surface area contributed by atoms with Crippen LogP contribution in [0.25, 0.3) is 0 Å². The number of aromatic nitrogens is 1. The van der Waals surface area contributed by atoms with E-state index in [1.807, 2.05) is 0 Å². The van der Waals surface area contributed by atoms with Gasteiger partial charge in [0.25, 0.3) is 5.91 Å². The molecule has 1 amide bonds. The SMILES string of the molecule is COc1cc(C(=O)Nc2ccc(C3CNCCO3)cc2F)cc(Cl)n1. The number of morpholine rings is 1. The number of anilines is 1. The monoisotopic (exact) mass is 365 g/mol. The molecule has 1 atom stereocenters. The molecule has 2 heterocycles. The molecule has 2 aromatic rings. The number of carbonyl (C=O) groups excluding carboxylic acids is 1. The van der Waals surface area contributed by atoms with Gasteiger partial charge in [-0.3, -0.25) is 4.79 Å². The standard InChI is InChI=1S/C17H17ClFN3O3/c1-24-16-8-11(7-15(18)22-16)17(23)21-13-3-2-10(6-12(13)19)14-9-20-4-5-25-14/h2-3,6-8,14,20H,4-5,9H2,1H3,(H,21,23). The lowest BCUT2D eigenvalue weighted by molar-refractivity contribution is 0.0275. The maximum absolute atomic E-state index is 14.4. The highest BCUT2D eigenvalue weighted by Crippen LogP contribution is 2.24. The first-order valence-electron chi connectivity index (χ1n) is 7.71. The smallest absolute Gasteiger partial charge is 0.256 e. The Morgan fingerprint density at radius 2 is 2.28 bits per heavy atom. The predicted octanol–water partition coefficient (Wildman–Crippen LogP) is 2.80. The van der Waals surface area contributed by atoms with E-state index in [-0.39, 0.29) is 28.4 Å². The third-order valence-corrected chi connectivity index (χ3v) is 3.98. The second kappa shape index (κ2) is 7.77. The normalized spacial score (nSPS) is 17.2. The van der Waals surface area contributed by atoms with Crippen molar-refractivity contribution in [2.24, 2.45) is 0 Å². The number of pyridine rings is 1. The molecule has 1 fully saturated rings. The summed E-state index contributed by atoms with van der Waals surface area (Å²) >= 11 is 5.85. The zero-order valence-corrected chi connectivity index (χ0v) is 14.3. The molecule has 0 bridgehead atoms. The van der Waals surface area contributed by atoms with Crippen LogP contribution in [0, 0.1) is 5.82 Å². The number of hydrogen-bond acceptors (Lipinski definition) is 5. The summed E-state index contributed by atoms with van der Waals surface area (Å²) in [4.78, 5) is 16.2. The molecule has 0 saturated carbocycles. The van der Waals surface area contributed by atoms with Crippen molar-refractivity contribution >= 4 is 23.2 Å². The lowest BCUT2D eigenvalue weighted by Crippen LogP contribution is -2.33. The zero-order chi connectivity index (χ0) is 17.8. The average molecular weight is 366 g/mol. The van der Waals surface area contributed by atoms with Crippen molar-refractivity contribution < 1.29 is 18.7 Å². The Morgan fingerprint density at radius 3 is 2.96 bits per heavy atom. The molecular formula is C17H17ClFN3O3. The number of nitrogens with zero attached hydrogens (tertiary/aromatic N) is 1. The van der Waals surface area contributed by atoms with Crippen LogP contribution in [0.5, 0.6) is 5.88 Å². The molecule has 2 N–H and O–H groups in total. The number of carbonyl (C=O) groups is 1. The van der Waals surface area contributed by atoms with Crippen molar-refractivity contribution in [3.05, 3.63) is 52.4 Å². The van der Waals surface area contributed by atoms with E-state index in [2.05, 4.69) is 15.6 Å². The molecule has 3 rings (SSSR count). The third kappa shape index (κ3) is 4.25. The minimum absolute atomic E-state index is 0.0735. The molecule has 6 nitrogen and oxygen atoms in total. The summed E-state index contributed by atoms with van der Waals surface area (Å²) in [6.45, 7) is 1.99. The minimum atomic E-state index is -0.535. The van der Waals surface area contributed by atoms with E-state index < -0.39 is 11.7 Å². The highest BCUT2D eigenvalue weighted by Gasteiger charge is 2.18. The molecule has 1 unspecified atom stereocenters. The number of methoxy groups -OCH3 is 1. The summed E-state index contributed by atoms with van der Waals surface area (Å²) in [6, 6.07) is 7.42. The van der Waals surface area contributed by atoms with Gasteiger partial charge in [0.15, 0.2) is 0 Å². The summed E-state index contributed by atoms with van der Waals surface area (Å²) in [5.74, 6) is -0.840. The van der Waals surface area contributed by atoms with Crippen molar-refractivity contribution in [1.82, 2.24) is 10.3 Å². The van der Waals surface area contributed by atoms with E-state index in [0.717, 1.165) is 12.1 Å². The Morgan fingerprint density at radius 1 is 1.44 bits per heavy atom. The topological polar surface area (TPSA) is 72.5 Å². The van der Waals surface area contributed by atoms with Gasteiger partial charge in [-0.15, -0.1) is 0 Å². The fraction of sp³-hybridized carbons (Fsp3) is 0.294. The lowest BCUT2D eigenvalue weighted by Gasteiger charge is -2.24. The van der Waals surface area contributed by atoms with Crippen LogP contribution in [-0.2, 0) is 4.74 Å². The molecule has 25 heavy (non-hydrogen) atoms. The van der Waals surface area contributed by atoms with Crippen LogP contribution in [-0.4, -0.2) is 37.7 Å². The van der Waals surface area contributed by atoms with Gasteiger partial charge in [-0.05, 0) is 23.8 Å². The van der Waals surface area contributed by atoms with Crippen LogP contribution in [0.15, 0.2) is 30.3 Å². The van der Waals surface area contributed by atoms with Gasteiger partial charge in [0.05, 0.1) is 25.5 Å². The second-order valence-corrected chi connectivity index (χ2v) is 5.87. The molecule has 0 aliphatic carbocycles. The number of nitrogens with one attached hydrogen (secondary N) is 2. The van der Waals surface area contributed by atoms with Crippen LogP contribution < -0.4 is 15.4 Å². The largest absolute Gasteiger partial charge is 0.481 e. The summed E-state index contributed by atoms with van der Waals surface area (Å²) in [5, 5.41) is 5.83. The van der Waals surface area contributed by atoms with Crippen LogP contribution in [0.3, 0.4) is 0 Å². The Balaban J connectivity index is 1.76. The summed E-state index contributed by atoms with van der Waals surface area (Å²) in [6.07, 6.45) is -0.198. The van der Waals surface area contributed by atoms with Crippen molar-refractivity contribution in [2.45, 2.75) is 6.10 Å². The zero-order valence-electron chi connectivity index (χ0n) is 13.5. The van der Waals surface area contributed by atoms with Gasteiger partial charge in [-0.1, -0.05) is 17.7 Å². The third-order valence-electron chi connectivity index (χ3n) is 3.78. The van der Waals surface area contributed by atoms with Gasteiger partial charge in [0.1, 0.15) is 11.0 Å². The molecule has 0 spiro atoms. The first-order valence-corrected chi connectivity index (χ1v) is 8.09. The van der Waals surface area contributed by atoms with Crippen LogP contribution in [0.1, 0.15) is 22.0 Å². The van der Waals surface area contributed by atoms with Gasteiger partial charge in [0.2, 0.25) is 5.88 Å². The van der Waals surface area contributed by atoms with Gasteiger partial charge < -0.3 is 20.1 Å². The average Bonchev–Trinajstić information content (AvgIpc) is 2.63. The molecule has 1 aliphatic rings. The number of rotatable bonds is 4. The van der Waals surface area contributed by atoms with E-state index >= 15 is 0 Å². The molecule has 1 aromatic heterocycles. The Kier molecular flexibility index (Phi) is 5.47. The van der Waals surface area contributed by atoms with Crippen LogP contribution >= 0.6 is 11.6 Å². The Hall–Kier alpha value is -2.22. The maximum atomic E-state index is 14.4. The first-order chi connectivity index (χ1) is 12.1. The highest BCUT2D eigenvalue weighted by atomic mass is 35.5. The van der Waals surface area contributed by atoms with Crippen LogP contribution in [0.2, 0.25) is 5.15 Å². The van der Waals surface area contributed by atoms with Gasteiger partial charge in [-0.25, -0.2) is 9.37 Å². The maximum Gasteiger partial charge on any atom is 0.256 e. The van der Waals surface area contributed by atoms with Gasteiger partial charge >= 0.3 is 0 Å². The predicted molar refractivity (Wildman–Crippen MR) is 91.7 cm³/mol. The van der Waals surface area contributed by atoms with Crippen LogP contribution in [0.4, 0.5) is 10.1 Å². The molecule has 1 aliphatic heterocycles. The second-order valence-electron chi connectivity index (χ2n) is 5.48. The highest BCUT2D eigenvalue weighted by molar-refractivity contribution is 6.30. The molecule has 132 valence electrons. The molecule has 8 heteroatoms. The van der Waals surface area contributed by atoms with E-state index in [0.29, 0.717) is 13.2 Å². The summed E-state index contributed by atoms with van der Waals surface area (Å²) < 4.78 is 24.9. The van der Waals surface area contributed by atoms with Gasteiger partial charge in [0, 0.05) is 24.7 Å². The van der Waals surface area contributed by atoms with Crippen molar-refractivity contribution in [1.29, 1.82) is 0 Å². The first kappa shape index (κ1) is 17.6. The number of ether oxygens (including phenoxy) is 2. The van der Waals surface area contributed by atoms with Crippen molar-refractivity contribution in [3.63, 3.8) is 0 Å². The van der Waals surface area contributed by atoms with Crippen molar-refractivity contribution in [3.8, 4) is 5.88 Å². The van der Waals surface area contributed by atoms with E-state index in [1.165, 1.54) is 31.4 Å². The fourth-order valence-corrected chi connectivity index (χ4v) is 2.72. The van der Waals surface area contributed by atoms with Gasteiger partial charge in [-0.2, -0.15) is 0 Å². The number of hydrogen-bond donors (Lipinski definition) is 2. The number of halogens is 2. The van der Waals surface area contributed by atoms with E-state index in [9.17, 15) is 9.18 Å². The number of amides is 1. The lowest BCUT2D eigenvalue weighted by atomic mass is 10.1. The fourth-order valence-electron chi connectivity index (χ4n) is 2.52. The number of benzene rings is 1. The molecular weight excluding hydrogens is 349 g/mol. The Labute approximate surface area is 149 Å². The summed E-state index contributed by atoms with van der Waals surface area (Å²) in [5.41, 5.74) is 1.01. The summed E-state index contributed by atoms with van der Waals surface area (Å²) in [7, 11) is 1.42. The molecule has 1 aromatic carbocycles. The van der Waals surface area contributed by atoms with Crippen molar-refractivity contribution in [2.75, 3.05) is 32.1 Å². The molecule has 1 saturated heterocycles. The minimum Gasteiger partial charge on any atom is -0.481 e. The molecule has 0 radical (unpaired) electrons. The quantitative estimate of drug-likeness (QED) is 0.815. The van der Waals surface area contributed by atoms with E-state index in [1.54, 1.807) is 6.07 Å². The van der Waals surface area contributed by atoms with E-state index in [4.69, 9.17) is 21.1 Å². The Bertz CT molecular complexity index is 782.